The van der Waals surface area contributed by atoms with Gasteiger partial charge in [-0.25, -0.2) is 0 Å². The second-order valence-corrected chi connectivity index (χ2v) is 3.01. The van der Waals surface area contributed by atoms with Crippen LogP contribution in [-0.2, 0) is 6.42 Å². The lowest BCUT2D eigenvalue weighted by molar-refractivity contribution is 1.00. The van der Waals surface area contributed by atoms with Crippen molar-refractivity contribution >= 4 is 6.08 Å². The van der Waals surface area contributed by atoms with Gasteiger partial charge >= 0.3 is 0 Å². The van der Waals surface area contributed by atoms with Gasteiger partial charge < -0.3 is 0 Å². The summed E-state index contributed by atoms with van der Waals surface area (Å²) in [5, 5.41) is 0. The molecule has 0 bridgehead atoms. The summed E-state index contributed by atoms with van der Waals surface area (Å²) in [6.45, 7) is 4.08. The second kappa shape index (κ2) is 2.16. The fourth-order valence-electron chi connectivity index (χ4n) is 1.34. The van der Waals surface area contributed by atoms with Crippen LogP contribution in [0.4, 0.5) is 0 Å². The van der Waals surface area contributed by atoms with E-state index in [1.54, 1.807) is 0 Å². The summed E-state index contributed by atoms with van der Waals surface area (Å²) in [7, 11) is 0. The average molecular weight is 146 g/mol. The molecule has 0 aromatic carbocycles. The first kappa shape index (κ1) is 6.53. The van der Waals surface area contributed by atoms with Crippen LogP contribution in [0.5, 0.6) is 0 Å². The Kier molecular flexibility index (Phi) is 1.28. The molecule has 0 spiro atoms. The van der Waals surface area contributed by atoms with E-state index in [9.17, 15) is 0 Å². The number of nitrogens with zero attached hydrogens (tertiary/aromatic N) is 2. The zero-order valence-corrected chi connectivity index (χ0v) is 6.76. The van der Waals surface area contributed by atoms with E-state index in [4.69, 9.17) is 0 Å². The van der Waals surface area contributed by atoms with Gasteiger partial charge in [-0.2, -0.15) is 0 Å². The number of rotatable bonds is 0. The molecule has 1 aliphatic rings. The highest BCUT2D eigenvalue weighted by Gasteiger charge is 2.11. The monoisotopic (exact) mass is 146 g/mol. The molecule has 1 aliphatic carbocycles. The Balaban J connectivity index is 2.52. The molecule has 0 saturated carbocycles. The van der Waals surface area contributed by atoms with Gasteiger partial charge in [-0.3, -0.25) is 9.97 Å². The van der Waals surface area contributed by atoms with Gasteiger partial charge in [0.2, 0.25) is 0 Å². The molecule has 0 saturated heterocycles. The number of aryl methyl sites for hydroxylation is 1. The van der Waals surface area contributed by atoms with Crippen molar-refractivity contribution in [1.29, 1.82) is 0 Å². The van der Waals surface area contributed by atoms with Crippen LogP contribution in [0.2, 0.25) is 0 Å². The highest BCUT2D eigenvalue weighted by molar-refractivity contribution is 5.57. The van der Waals surface area contributed by atoms with E-state index >= 15 is 0 Å². The molecule has 0 amide bonds. The standard InChI is InChI=1S/C9H10N2/c1-6-3-8-9(4-6)11-7(2)5-10-8/h3,5H,4H2,1-2H3. The summed E-state index contributed by atoms with van der Waals surface area (Å²) in [5.74, 6) is 0. The van der Waals surface area contributed by atoms with Crippen LogP contribution in [0.1, 0.15) is 24.0 Å². The molecule has 1 aromatic heterocycles. The van der Waals surface area contributed by atoms with E-state index < -0.39 is 0 Å². The van der Waals surface area contributed by atoms with Crippen molar-refractivity contribution in [3.63, 3.8) is 0 Å². The van der Waals surface area contributed by atoms with Crippen LogP contribution >= 0.6 is 0 Å². The van der Waals surface area contributed by atoms with E-state index in [0.29, 0.717) is 0 Å². The van der Waals surface area contributed by atoms with E-state index in [1.807, 2.05) is 13.1 Å². The Labute approximate surface area is 66.0 Å². The van der Waals surface area contributed by atoms with Crippen LogP contribution in [0.3, 0.4) is 0 Å². The summed E-state index contributed by atoms with van der Waals surface area (Å²) < 4.78 is 0. The van der Waals surface area contributed by atoms with Crippen molar-refractivity contribution in [3.05, 3.63) is 28.9 Å². The van der Waals surface area contributed by atoms with Gasteiger partial charge in [-0.15, -0.1) is 0 Å². The molecule has 2 heteroatoms. The third-order valence-corrected chi connectivity index (χ3v) is 1.83. The minimum absolute atomic E-state index is 0.976. The Morgan fingerprint density at radius 2 is 2.18 bits per heavy atom. The van der Waals surface area contributed by atoms with E-state index in [-0.39, 0.29) is 0 Å². The molecule has 0 atom stereocenters. The maximum absolute atomic E-state index is 4.39. The minimum Gasteiger partial charge on any atom is -0.254 e. The Bertz CT molecular complexity index is 326. The molecule has 0 radical (unpaired) electrons. The molecular weight excluding hydrogens is 136 g/mol. The maximum atomic E-state index is 4.39. The predicted molar refractivity (Wildman–Crippen MR) is 44.1 cm³/mol. The largest absolute Gasteiger partial charge is 0.254 e. The van der Waals surface area contributed by atoms with E-state index in [2.05, 4.69) is 23.0 Å². The first-order valence-electron chi connectivity index (χ1n) is 3.75. The van der Waals surface area contributed by atoms with Crippen LogP contribution < -0.4 is 0 Å². The third kappa shape index (κ3) is 1.04. The van der Waals surface area contributed by atoms with Crippen LogP contribution in [0.25, 0.3) is 6.08 Å². The molecule has 1 aromatic rings. The molecule has 0 fully saturated rings. The van der Waals surface area contributed by atoms with E-state index in [0.717, 1.165) is 23.5 Å². The topological polar surface area (TPSA) is 25.8 Å². The van der Waals surface area contributed by atoms with Crippen molar-refractivity contribution in [2.75, 3.05) is 0 Å². The normalized spacial score (nSPS) is 14.5. The average Bonchev–Trinajstić information content (AvgIpc) is 2.27. The quantitative estimate of drug-likeness (QED) is 0.557. The lowest BCUT2D eigenvalue weighted by Crippen LogP contribution is -1.93. The van der Waals surface area contributed by atoms with Crippen LogP contribution in [0, 0.1) is 6.92 Å². The molecular formula is C9H10N2. The molecule has 11 heavy (non-hydrogen) atoms. The van der Waals surface area contributed by atoms with Gasteiger partial charge in [0.25, 0.3) is 0 Å². The second-order valence-electron chi connectivity index (χ2n) is 3.01. The molecule has 2 rings (SSSR count). The fourth-order valence-corrected chi connectivity index (χ4v) is 1.34. The van der Waals surface area contributed by atoms with Crippen LogP contribution in [-0.4, -0.2) is 9.97 Å². The highest BCUT2D eigenvalue weighted by Crippen LogP contribution is 2.20. The minimum atomic E-state index is 0.976. The van der Waals surface area contributed by atoms with E-state index in [1.165, 1.54) is 5.57 Å². The first-order chi connectivity index (χ1) is 5.25. The number of hydrogen-bond acceptors (Lipinski definition) is 2. The zero-order chi connectivity index (χ0) is 7.84. The molecule has 0 N–H and O–H groups in total. The molecule has 0 unspecified atom stereocenters. The van der Waals surface area contributed by atoms with Crippen molar-refractivity contribution in [2.45, 2.75) is 20.3 Å². The first-order valence-corrected chi connectivity index (χ1v) is 3.75. The highest BCUT2D eigenvalue weighted by atomic mass is 14.8. The van der Waals surface area contributed by atoms with Gasteiger partial charge in [0.05, 0.1) is 17.1 Å². The van der Waals surface area contributed by atoms with Gasteiger partial charge in [0.15, 0.2) is 0 Å². The van der Waals surface area contributed by atoms with Gasteiger partial charge in [0, 0.05) is 12.6 Å². The number of hydrogen-bond donors (Lipinski definition) is 0. The Hall–Kier alpha value is -1.18. The summed E-state index contributed by atoms with van der Waals surface area (Å²) in [5.41, 5.74) is 4.54. The SMILES string of the molecule is CC1=Cc2ncc(C)nc2C1. The lowest BCUT2D eigenvalue weighted by atomic mass is 10.2. The van der Waals surface area contributed by atoms with Gasteiger partial charge in [-0.05, 0) is 19.9 Å². The zero-order valence-electron chi connectivity index (χ0n) is 6.76. The summed E-state index contributed by atoms with van der Waals surface area (Å²) in [6, 6.07) is 0. The van der Waals surface area contributed by atoms with Crippen molar-refractivity contribution in [1.82, 2.24) is 9.97 Å². The fraction of sp³-hybridized carbons (Fsp3) is 0.333. The molecule has 56 valence electrons. The Morgan fingerprint density at radius 1 is 1.36 bits per heavy atom. The molecule has 0 aliphatic heterocycles. The number of aromatic nitrogens is 2. The van der Waals surface area contributed by atoms with Crippen molar-refractivity contribution in [2.24, 2.45) is 0 Å². The summed E-state index contributed by atoms with van der Waals surface area (Å²) in [4.78, 5) is 8.66. The molecule has 2 nitrogen and oxygen atoms in total. The number of allylic oxidation sites excluding steroid dienone is 1. The number of fused-ring (bicyclic) bond motifs is 1. The van der Waals surface area contributed by atoms with Crippen molar-refractivity contribution < 1.29 is 0 Å². The lowest BCUT2D eigenvalue weighted by Gasteiger charge is -1.96. The smallest absolute Gasteiger partial charge is 0.0848 e. The van der Waals surface area contributed by atoms with Gasteiger partial charge in [-0.1, -0.05) is 5.57 Å². The maximum Gasteiger partial charge on any atom is 0.0848 e. The van der Waals surface area contributed by atoms with Crippen LogP contribution in [0.15, 0.2) is 11.8 Å². The van der Waals surface area contributed by atoms with Crippen molar-refractivity contribution in [3.8, 4) is 0 Å². The predicted octanol–water partition coefficient (Wildman–Crippen LogP) is 1.74. The summed E-state index contributed by atoms with van der Waals surface area (Å²) in [6.07, 6.45) is 4.89. The third-order valence-electron chi connectivity index (χ3n) is 1.83. The molecule has 1 heterocycles. The Morgan fingerprint density at radius 3 is 3.00 bits per heavy atom. The van der Waals surface area contributed by atoms with Gasteiger partial charge in [0.1, 0.15) is 0 Å². The summed E-state index contributed by atoms with van der Waals surface area (Å²) >= 11 is 0.